The minimum absolute atomic E-state index is 0.0813. The Morgan fingerprint density at radius 1 is 1.29 bits per heavy atom. The molecule has 21 heavy (non-hydrogen) atoms. The Bertz CT molecular complexity index is 839. The highest BCUT2D eigenvalue weighted by molar-refractivity contribution is 5.98. The molecule has 0 unspecified atom stereocenters. The van der Waals surface area contributed by atoms with Crippen molar-refractivity contribution < 1.29 is 4.39 Å². The summed E-state index contributed by atoms with van der Waals surface area (Å²) < 4.78 is 15.3. The highest BCUT2D eigenvalue weighted by Gasteiger charge is 2.17. The normalized spacial score (nSPS) is 10.9. The Morgan fingerprint density at radius 3 is 2.81 bits per heavy atom. The predicted octanol–water partition coefficient (Wildman–Crippen LogP) is 1.98. The van der Waals surface area contributed by atoms with Gasteiger partial charge in [-0.25, -0.2) is 19.0 Å². The molecule has 0 aliphatic heterocycles. The molecule has 6 nitrogen and oxygen atoms in total. The molecule has 0 radical (unpaired) electrons. The van der Waals surface area contributed by atoms with E-state index in [-0.39, 0.29) is 5.69 Å². The van der Waals surface area contributed by atoms with Crippen LogP contribution in [-0.2, 0) is 6.54 Å². The molecule has 2 heterocycles. The van der Waals surface area contributed by atoms with E-state index >= 15 is 0 Å². The molecule has 3 rings (SSSR count). The molecule has 106 valence electrons. The van der Waals surface area contributed by atoms with Gasteiger partial charge >= 0.3 is 0 Å². The molecule has 0 aliphatic carbocycles. The van der Waals surface area contributed by atoms with Crippen LogP contribution in [0.3, 0.4) is 0 Å². The first kappa shape index (κ1) is 13.0. The SMILES string of the molecule is C=CCn1nc(-c2ccc(N)c(F)c2)c2c(N)ncnc21. The van der Waals surface area contributed by atoms with Crippen molar-refractivity contribution in [3.8, 4) is 11.3 Å². The molecule has 0 fully saturated rings. The maximum atomic E-state index is 13.7. The van der Waals surface area contributed by atoms with Crippen molar-refractivity contribution in [3.63, 3.8) is 0 Å². The van der Waals surface area contributed by atoms with Crippen LogP contribution in [0.5, 0.6) is 0 Å². The second-order valence-electron chi connectivity index (χ2n) is 4.51. The van der Waals surface area contributed by atoms with Crippen LogP contribution in [0.25, 0.3) is 22.3 Å². The van der Waals surface area contributed by atoms with E-state index in [9.17, 15) is 4.39 Å². The molecule has 0 aliphatic rings. The Morgan fingerprint density at radius 2 is 2.10 bits per heavy atom. The fraction of sp³-hybridized carbons (Fsp3) is 0.0714. The fourth-order valence-corrected chi connectivity index (χ4v) is 2.16. The number of anilines is 2. The molecule has 7 heteroatoms. The molecule has 2 aromatic heterocycles. The van der Waals surface area contributed by atoms with Crippen LogP contribution < -0.4 is 11.5 Å². The first-order valence-electron chi connectivity index (χ1n) is 6.25. The average Bonchev–Trinajstić information content (AvgIpc) is 2.83. The monoisotopic (exact) mass is 284 g/mol. The number of hydrogen-bond donors (Lipinski definition) is 2. The lowest BCUT2D eigenvalue weighted by Crippen LogP contribution is -1.99. The Hall–Kier alpha value is -2.96. The van der Waals surface area contributed by atoms with Crippen LogP contribution in [0.4, 0.5) is 15.9 Å². The predicted molar refractivity (Wildman–Crippen MR) is 79.7 cm³/mol. The molecular formula is C14H13FN6. The molecule has 0 amide bonds. The second kappa shape index (κ2) is 4.86. The van der Waals surface area contributed by atoms with Crippen LogP contribution in [0.2, 0.25) is 0 Å². The van der Waals surface area contributed by atoms with Crippen molar-refractivity contribution in [2.24, 2.45) is 0 Å². The average molecular weight is 284 g/mol. The van der Waals surface area contributed by atoms with Gasteiger partial charge in [0.15, 0.2) is 5.65 Å². The lowest BCUT2D eigenvalue weighted by atomic mass is 10.1. The first-order valence-corrected chi connectivity index (χ1v) is 6.25. The number of halogens is 1. The van der Waals surface area contributed by atoms with Crippen molar-refractivity contribution in [1.82, 2.24) is 19.7 Å². The van der Waals surface area contributed by atoms with Crippen LogP contribution >= 0.6 is 0 Å². The van der Waals surface area contributed by atoms with Gasteiger partial charge in [-0.05, 0) is 12.1 Å². The summed E-state index contributed by atoms with van der Waals surface area (Å²) in [7, 11) is 0. The number of fused-ring (bicyclic) bond motifs is 1. The van der Waals surface area contributed by atoms with E-state index < -0.39 is 5.82 Å². The van der Waals surface area contributed by atoms with E-state index in [1.54, 1.807) is 16.8 Å². The summed E-state index contributed by atoms with van der Waals surface area (Å²) >= 11 is 0. The van der Waals surface area contributed by atoms with Gasteiger partial charge in [0.2, 0.25) is 0 Å². The number of hydrogen-bond acceptors (Lipinski definition) is 5. The standard InChI is InChI=1S/C14H13FN6/c1-2-5-21-14-11(13(17)18-7-19-14)12(20-21)8-3-4-10(16)9(15)6-8/h2-4,6-7H,1,5,16H2,(H2,17,18,19). The zero-order valence-electron chi connectivity index (χ0n) is 11.1. The van der Waals surface area contributed by atoms with Gasteiger partial charge in [0, 0.05) is 5.56 Å². The van der Waals surface area contributed by atoms with Crippen molar-refractivity contribution >= 4 is 22.5 Å². The van der Waals surface area contributed by atoms with E-state index in [0.29, 0.717) is 34.7 Å². The lowest BCUT2D eigenvalue weighted by Gasteiger charge is -2.01. The van der Waals surface area contributed by atoms with E-state index in [2.05, 4.69) is 21.6 Å². The van der Waals surface area contributed by atoms with Gasteiger partial charge in [0.1, 0.15) is 23.7 Å². The second-order valence-corrected chi connectivity index (χ2v) is 4.51. The Labute approximate surface area is 119 Å². The number of nitrogen functional groups attached to an aromatic ring is 2. The smallest absolute Gasteiger partial charge is 0.164 e. The number of allylic oxidation sites excluding steroid dienone is 1. The minimum Gasteiger partial charge on any atom is -0.396 e. The lowest BCUT2D eigenvalue weighted by molar-refractivity contribution is 0.633. The zero-order chi connectivity index (χ0) is 15.0. The molecule has 0 atom stereocenters. The van der Waals surface area contributed by atoms with Crippen LogP contribution in [0.1, 0.15) is 0 Å². The summed E-state index contributed by atoms with van der Waals surface area (Å²) in [4.78, 5) is 8.17. The van der Waals surface area contributed by atoms with E-state index in [1.807, 2.05) is 0 Å². The molecule has 0 bridgehead atoms. The maximum absolute atomic E-state index is 13.7. The summed E-state index contributed by atoms with van der Waals surface area (Å²) in [6.07, 6.45) is 3.06. The number of aromatic nitrogens is 4. The van der Waals surface area contributed by atoms with Gasteiger partial charge in [-0.1, -0.05) is 12.1 Å². The molecule has 1 aromatic carbocycles. The summed E-state index contributed by atoms with van der Waals surface area (Å²) in [5.74, 6) is -0.211. The summed E-state index contributed by atoms with van der Waals surface area (Å²) in [6.45, 7) is 4.14. The van der Waals surface area contributed by atoms with Gasteiger partial charge in [0.05, 0.1) is 17.6 Å². The molecule has 0 saturated heterocycles. The summed E-state index contributed by atoms with van der Waals surface area (Å²) in [5.41, 5.74) is 13.2. The van der Waals surface area contributed by atoms with E-state index in [1.165, 1.54) is 18.5 Å². The molecule has 0 saturated carbocycles. The summed E-state index contributed by atoms with van der Waals surface area (Å²) in [5, 5.41) is 5.02. The molecule has 0 spiro atoms. The van der Waals surface area contributed by atoms with Crippen LogP contribution in [-0.4, -0.2) is 19.7 Å². The number of nitrogens with two attached hydrogens (primary N) is 2. The third-order valence-electron chi connectivity index (χ3n) is 3.13. The molecule has 4 N–H and O–H groups in total. The van der Waals surface area contributed by atoms with Crippen molar-refractivity contribution in [1.29, 1.82) is 0 Å². The first-order chi connectivity index (χ1) is 10.1. The van der Waals surface area contributed by atoms with Gasteiger partial charge in [-0.3, -0.25) is 0 Å². The maximum Gasteiger partial charge on any atom is 0.164 e. The van der Waals surface area contributed by atoms with Gasteiger partial charge in [0.25, 0.3) is 0 Å². The fourth-order valence-electron chi connectivity index (χ4n) is 2.16. The van der Waals surface area contributed by atoms with Gasteiger partial charge in [-0.15, -0.1) is 6.58 Å². The van der Waals surface area contributed by atoms with Crippen molar-refractivity contribution in [2.45, 2.75) is 6.54 Å². The number of benzene rings is 1. The Balaban J connectivity index is 2.31. The van der Waals surface area contributed by atoms with E-state index in [4.69, 9.17) is 11.5 Å². The third kappa shape index (κ3) is 2.08. The minimum atomic E-state index is -0.505. The van der Waals surface area contributed by atoms with Gasteiger partial charge in [-0.2, -0.15) is 5.10 Å². The molecule has 3 aromatic rings. The van der Waals surface area contributed by atoms with Gasteiger partial charge < -0.3 is 11.5 Å². The molecular weight excluding hydrogens is 271 g/mol. The number of rotatable bonds is 3. The third-order valence-corrected chi connectivity index (χ3v) is 3.13. The topological polar surface area (TPSA) is 95.6 Å². The Kier molecular flexibility index (Phi) is 3.02. The van der Waals surface area contributed by atoms with Crippen LogP contribution in [0.15, 0.2) is 37.2 Å². The zero-order valence-corrected chi connectivity index (χ0v) is 11.1. The largest absolute Gasteiger partial charge is 0.396 e. The highest BCUT2D eigenvalue weighted by atomic mass is 19.1. The van der Waals surface area contributed by atoms with Crippen molar-refractivity contribution in [2.75, 3.05) is 11.5 Å². The van der Waals surface area contributed by atoms with Crippen molar-refractivity contribution in [3.05, 3.63) is 43.0 Å². The van der Waals surface area contributed by atoms with Crippen LogP contribution in [0, 0.1) is 5.82 Å². The highest BCUT2D eigenvalue weighted by Crippen LogP contribution is 2.31. The number of nitrogens with zero attached hydrogens (tertiary/aromatic N) is 4. The van der Waals surface area contributed by atoms with E-state index in [0.717, 1.165) is 0 Å². The quantitative estimate of drug-likeness (QED) is 0.566. The summed E-state index contributed by atoms with van der Waals surface area (Å²) in [6, 6.07) is 4.50.